The van der Waals surface area contributed by atoms with Gasteiger partial charge in [-0.05, 0) is 12.1 Å². The summed E-state index contributed by atoms with van der Waals surface area (Å²) in [5.74, 6) is 0. The highest BCUT2D eigenvalue weighted by atomic mass is 19.4. The zero-order valence-electron chi connectivity index (χ0n) is 10.9. The van der Waals surface area contributed by atoms with Crippen molar-refractivity contribution in [1.29, 1.82) is 0 Å². The summed E-state index contributed by atoms with van der Waals surface area (Å²) < 4.78 is 38.1. The normalized spacial score (nSPS) is 13.3. The van der Waals surface area contributed by atoms with Gasteiger partial charge in [-0.15, -0.1) is 0 Å². The fraction of sp³-hybridized carbons (Fsp3) is 0.500. The number of hydrogen-bond donors (Lipinski definition) is 1. The Morgan fingerprint density at radius 3 is 2.00 bits per heavy atom. The van der Waals surface area contributed by atoms with Crippen molar-refractivity contribution in [3.8, 4) is 0 Å². The molecule has 1 atom stereocenters. The molecule has 0 bridgehead atoms. The molecule has 6 heteroatoms. The van der Waals surface area contributed by atoms with Crippen LogP contribution in [0.15, 0.2) is 18.2 Å². The molecule has 0 aromatic heterocycles. The average molecular weight is 261 g/mol. The Kier molecular flexibility index (Phi) is 4.11. The summed E-state index contributed by atoms with van der Waals surface area (Å²) in [4.78, 5) is 3.46. The molecule has 0 unspecified atom stereocenters. The molecular weight excluding hydrogens is 243 g/mol. The third-order valence-electron chi connectivity index (χ3n) is 2.70. The van der Waals surface area contributed by atoms with E-state index < -0.39 is 12.2 Å². The van der Waals surface area contributed by atoms with E-state index in [1.807, 2.05) is 19.0 Å². The van der Waals surface area contributed by atoms with Crippen LogP contribution in [0.2, 0.25) is 0 Å². The van der Waals surface area contributed by atoms with Crippen LogP contribution in [0.4, 0.5) is 24.5 Å². The largest absolute Gasteiger partial charge is 0.407 e. The fourth-order valence-corrected chi connectivity index (χ4v) is 1.64. The van der Waals surface area contributed by atoms with Crippen LogP contribution in [-0.4, -0.2) is 34.4 Å². The Morgan fingerprint density at radius 1 is 1.06 bits per heavy atom. The van der Waals surface area contributed by atoms with E-state index in [1.165, 1.54) is 6.07 Å². The smallest absolute Gasteiger partial charge is 0.378 e. The van der Waals surface area contributed by atoms with E-state index in [4.69, 9.17) is 5.73 Å². The number of alkyl halides is 3. The molecule has 3 nitrogen and oxygen atoms in total. The maximum absolute atomic E-state index is 12.7. The Morgan fingerprint density at radius 2 is 1.61 bits per heavy atom. The molecule has 2 N–H and O–H groups in total. The summed E-state index contributed by atoms with van der Waals surface area (Å²) in [7, 11) is 7.05. The van der Waals surface area contributed by atoms with Crippen molar-refractivity contribution in [3.05, 3.63) is 23.8 Å². The van der Waals surface area contributed by atoms with Crippen molar-refractivity contribution in [2.24, 2.45) is 5.73 Å². The summed E-state index contributed by atoms with van der Waals surface area (Å²) in [5, 5.41) is 0. The Bertz CT molecular complexity index is 414. The lowest BCUT2D eigenvalue weighted by Crippen LogP contribution is -2.30. The van der Waals surface area contributed by atoms with Crippen molar-refractivity contribution in [2.75, 3.05) is 38.0 Å². The number of anilines is 2. The van der Waals surface area contributed by atoms with Gasteiger partial charge in [0, 0.05) is 45.1 Å². The zero-order valence-corrected chi connectivity index (χ0v) is 10.9. The standard InChI is InChI=1S/C12H18F3N3/c1-17(2)8-5-6-9(10(7-8)18(3)4)11(16)12(13,14)15/h5-7,11H,16H2,1-4H3/t11-/m0/s1. The van der Waals surface area contributed by atoms with Gasteiger partial charge in [0.15, 0.2) is 0 Å². The van der Waals surface area contributed by atoms with E-state index in [1.54, 1.807) is 31.1 Å². The number of nitrogens with two attached hydrogens (primary N) is 1. The highest BCUT2D eigenvalue weighted by Crippen LogP contribution is 2.36. The summed E-state index contributed by atoms with van der Waals surface area (Å²) >= 11 is 0. The van der Waals surface area contributed by atoms with Gasteiger partial charge in [0.2, 0.25) is 0 Å². The first-order valence-corrected chi connectivity index (χ1v) is 5.45. The van der Waals surface area contributed by atoms with Gasteiger partial charge in [-0.2, -0.15) is 13.2 Å². The Hall–Kier alpha value is -1.43. The molecule has 0 amide bonds. The predicted molar refractivity (Wildman–Crippen MR) is 68.1 cm³/mol. The molecule has 0 heterocycles. The molecule has 1 aromatic rings. The molecule has 0 spiro atoms. The first-order valence-electron chi connectivity index (χ1n) is 5.45. The molecule has 0 aliphatic rings. The van der Waals surface area contributed by atoms with Crippen LogP contribution in [0.3, 0.4) is 0 Å². The second kappa shape index (κ2) is 5.06. The van der Waals surface area contributed by atoms with Gasteiger partial charge in [-0.1, -0.05) is 6.07 Å². The van der Waals surface area contributed by atoms with Crippen molar-refractivity contribution >= 4 is 11.4 Å². The molecule has 0 aliphatic carbocycles. The minimum atomic E-state index is -4.44. The van der Waals surface area contributed by atoms with E-state index in [0.717, 1.165) is 5.69 Å². The van der Waals surface area contributed by atoms with Crippen molar-refractivity contribution < 1.29 is 13.2 Å². The molecule has 18 heavy (non-hydrogen) atoms. The lowest BCUT2D eigenvalue weighted by atomic mass is 10.0. The van der Waals surface area contributed by atoms with E-state index in [9.17, 15) is 13.2 Å². The highest BCUT2D eigenvalue weighted by molar-refractivity contribution is 5.63. The molecular formula is C12H18F3N3. The minimum absolute atomic E-state index is 0.0816. The van der Waals surface area contributed by atoms with Crippen LogP contribution < -0.4 is 15.5 Å². The SMILES string of the molecule is CN(C)c1ccc([C@H](N)C(F)(F)F)c(N(C)C)c1. The second-order valence-corrected chi connectivity index (χ2v) is 4.55. The summed E-state index contributed by atoms with van der Waals surface area (Å²) in [6, 6.07) is 2.80. The van der Waals surface area contributed by atoms with Gasteiger partial charge in [0.05, 0.1) is 0 Å². The third kappa shape index (κ3) is 3.07. The molecule has 0 fully saturated rings. The molecule has 0 aliphatic heterocycles. The lowest BCUT2D eigenvalue weighted by molar-refractivity contribution is -0.149. The van der Waals surface area contributed by atoms with Crippen molar-refractivity contribution in [2.45, 2.75) is 12.2 Å². The number of nitrogens with zero attached hydrogens (tertiary/aromatic N) is 2. The number of rotatable bonds is 3. The van der Waals surface area contributed by atoms with Gasteiger partial charge in [0.25, 0.3) is 0 Å². The van der Waals surface area contributed by atoms with E-state index in [2.05, 4.69) is 0 Å². The first-order chi connectivity index (χ1) is 8.14. The summed E-state index contributed by atoms with van der Waals surface area (Å²) in [5.41, 5.74) is 6.66. The van der Waals surface area contributed by atoms with Gasteiger partial charge >= 0.3 is 6.18 Å². The van der Waals surface area contributed by atoms with Crippen LogP contribution in [-0.2, 0) is 0 Å². The van der Waals surface area contributed by atoms with Crippen LogP contribution in [0, 0.1) is 0 Å². The summed E-state index contributed by atoms with van der Waals surface area (Å²) in [6.07, 6.45) is -4.44. The van der Waals surface area contributed by atoms with Crippen LogP contribution in [0.1, 0.15) is 11.6 Å². The topological polar surface area (TPSA) is 32.5 Å². The lowest BCUT2D eigenvalue weighted by Gasteiger charge is -2.25. The number of hydrogen-bond acceptors (Lipinski definition) is 3. The van der Waals surface area contributed by atoms with Crippen LogP contribution >= 0.6 is 0 Å². The van der Waals surface area contributed by atoms with Crippen molar-refractivity contribution in [1.82, 2.24) is 0 Å². The molecule has 0 saturated heterocycles. The quantitative estimate of drug-likeness (QED) is 0.906. The van der Waals surface area contributed by atoms with Gasteiger partial charge in [-0.25, -0.2) is 0 Å². The number of halogens is 3. The fourth-order valence-electron chi connectivity index (χ4n) is 1.64. The van der Waals surface area contributed by atoms with Crippen LogP contribution in [0.25, 0.3) is 0 Å². The minimum Gasteiger partial charge on any atom is -0.378 e. The maximum atomic E-state index is 12.7. The third-order valence-corrected chi connectivity index (χ3v) is 2.70. The average Bonchev–Trinajstić information content (AvgIpc) is 2.25. The van der Waals surface area contributed by atoms with E-state index in [-0.39, 0.29) is 5.56 Å². The second-order valence-electron chi connectivity index (χ2n) is 4.55. The molecule has 0 saturated carbocycles. The highest BCUT2D eigenvalue weighted by Gasteiger charge is 2.39. The maximum Gasteiger partial charge on any atom is 0.407 e. The Labute approximate surface area is 105 Å². The van der Waals surface area contributed by atoms with Gasteiger partial charge in [-0.3, -0.25) is 0 Å². The predicted octanol–water partition coefficient (Wildman–Crippen LogP) is 2.38. The van der Waals surface area contributed by atoms with E-state index >= 15 is 0 Å². The monoisotopic (exact) mass is 261 g/mol. The van der Waals surface area contributed by atoms with E-state index in [0.29, 0.717) is 5.69 Å². The molecule has 0 radical (unpaired) electrons. The van der Waals surface area contributed by atoms with Gasteiger partial charge < -0.3 is 15.5 Å². The summed E-state index contributed by atoms with van der Waals surface area (Å²) in [6.45, 7) is 0. The molecule has 1 rings (SSSR count). The van der Waals surface area contributed by atoms with Gasteiger partial charge in [0.1, 0.15) is 6.04 Å². The number of benzene rings is 1. The Balaban J connectivity index is 3.28. The molecule has 102 valence electrons. The molecule has 1 aromatic carbocycles. The van der Waals surface area contributed by atoms with Crippen molar-refractivity contribution in [3.63, 3.8) is 0 Å². The zero-order chi connectivity index (χ0) is 14.1. The van der Waals surface area contributed by atoms with Crippen LogP contribution in [0.5, 0.6) is 0 Å². The first kappa shape index (κ1) is 14.6.